The van der Waals surface area contributed by atoms with Crippen LogP contribution in [0.5, 0.6) is 0 Å². The molecule has 0 aliphatic rings. The molecule has 0 aliphatic carbocycles. The summed E-state index contributed by atoms with van der Waals surface area (Å²) >= 11 is 0. The Morgan fingerprint density at radius 2 is 1.76 bits per heavy atom. The quantitative estimate of drug-likeness (QED) is 0.534. The molecule has 0 aliphatic heterocycles. The minimum atomic E-state index is 1.12. The number of hydrogen-bond donors (Lipinski definition) is 0. The van der Waals surface area contributed by atoms with Gasteiger partial charge in [0.15, 0.2) is 0 Å². The van der Waals surface area contributed by atoms with Crippen LogP contribution in [0.15, 0.2) is 49.0 Å². The molecule has 2 rings (SSSR count). The summed E-state index contributed by atoms with van der Waals surface area (Å²) in [6.45, 7) is 10.7. The first-order chi connectivity index (χ1) is 10.1. The van der Waals surface area contributed by atoms with Gasteiger partial charge in [-0.2, -0.15) is 0 Å². The Morgan fingerprint density at radius 1 is 1.00 bits per heavy atom. The molecule has 0 N–H and O–H groups in total. The lowest BCUT2D eigenvalue weighted by molar-refractivity contribution is 0.717. The average Bonchev–Trinajstić information content (AvgIpc) is 2.48. The molecule has 0 atom stereocenters. The van der Waals surface area contributed by atoms with Gasteiger partial charge in [-0.05, 0) is 54.5 Å². The zero-order chi connectivity index (χ0) is 15.2. The third kappa shape index (κ3) is 3.85. The highest BCUT2D eigenvalue weighted by Crippen LogP contribution is 2.31. The topological polar surface area (TPSA) is 0 Å². The first-order valence-electron chi connectivity index (χ1n) is 7.98. The van der Waals surface area contributed by atoms with E-state index < -0.39 is 0 Å². The molecular weight excluding hydrogens is 252 g/mol. The monoisotopic (exact) mass is 278 g/mol. The van der Waals surface area contributed by atoms with Crippen molar-refractivity contribution in [2.75, 3.05) is 0 Å². The van der Waals surface area contributed by atoms with E-state index in [1.807, 2.05) is 0 Å². The molecule has 2 aromatic carbocycles. The molecule has 0 aromatic heterocycles. The molecule has 0 unspecified atom stereocenters. The minimum Gasteiger partial charge on any atom is -0.0955 e. The van der Waals surface area contributed by atoms with Gasteiger partial charge < -0.3 is 0 Å². The Kier molecular flexibility index (Phi) is 5.38. The first-order valence-corrected chi connectivity index (χ1v) is 7.98. The van der Waals surface area contributed by atoms with Gasteiger partial charge in [0.1, 0.15) is 0 Å². The van der Waals surface area contributed by atoms with E-state index in [4.69, 9.17) is 0 Å². The number of rotatable bonds is 6. The maximum absolute atomic E-state index is 4.11. The van der Waals surface area contributed by atoms with Gasteiger partial charge in [0, 0.05) is 0 Å². The van der Waals surface area contributed by atoms with Crippen LogP contribution in [-0.2, 0) is 6.42 Å². The van der Waals surface area contributed by atoms with E-state index in [-0.39, 0.29) is 0 Å². The summed E-state index contributed by atoms with van der Waals surface area (Å²) in [5, 5.41) is 0. The third-order valence-corrected chi connectivity index (χ3v) is 4.04. The van der Waals surface area contributed by atoms with Gasteiger partial charge in [-0.15, -0.1) is 0 Å². The Labute approximate surface area is 129 Å². The summed E-state index contributed by atoms with van der Waals surface area (Å²) in [6.07, 6.45) is 5.08. The molecule has 0 radical (unpaired) electrons. The van der Waals surface area contributed by atoms with Gasteiger partial charge in [-0.1, -0.05) is 74.4 Å². The van der Waals surface area contributed by atoms with Crippen LogP contribution in [-0.4, -0.2) is 0 Å². The molecule has 0 bridgehead atoms. The molecule has 0 heteroatoms. The summed E-state index contributed by atoms with van der Waals surface area (Å²) < 4.78 is 0. The standard InChI is InChI=1S/C21H26/c1-5-6-7-10-18-13-14-20(17(4)15-18)21-12-9-8-11-19(21)16(2)3/h8-9,11-15H,2,5-7,10H2,1,3-4H3. The highest BCUT2D eigenvalue weighted by molar-refractivity contribution is 5.81. The second-order valence-corrected chi connectivity index (χ2v) is 5.93. The largest absolute Gasteiger partial charge is 0.0955 e. The lowest BCUT2D eigenvalue weighted by Crippen LogP contribution is -1.92. The average molecular weight is 278 g/mol. The normalized spacial score (nSPS) is 10.6. The fourth-order valence-electron chi connectivity index (χ4n) is 2.85. The molecule has 0 saturated heterocycles. The van der Waals surface area contributed by atoms with Crippen molar-refractivity contribution >= 4 is 5.57 Å². The maximum Gasteiger partial charge on any atom is -0.0106 e. The van der Waals surface area contributed by atoms with Crippen LogP contribution in [0, 0.1) is 6.92 Å². The molecule has 21 heavy (non-hydrogen) atoms. The zero-order valence-electron chi connectivity index (χ0n) is 13.6. The van der Waals surface area contributed by atoms with Gasteiger partial charge in [0.05, 0.1) is 0 Å². The summed E-state index contributed by atoms with van der Waals surface area (Å²) in [4.78, 5) is 0. The van der Waals surface area contributed by atoms with Crippen LogP contribution in [0.2, 0.25) is 0 Å². The van der Waals surface area contributed by atoms with E-state index >= 15 is 0 Å². The van der Waals surface area contributed by atoms with Crippen LogP contribution in [0.4, 0.5) is 0 Å². The van der Waals surface area contributed by atoms with E-state index in [9.17, 15) is 0 Å². The van der Waals surface area contributed by atoms with Crippen molar-refractivity contribution in [1.29, 1.82) is 0 Å². The Hall–Kier alpha value is -1.82. The first kappa shape index (κ1) is 15.6. The van der Waals surface area contributed by atoms with Crippen molar-refractivity contribution in [2.24, 2.45) is 0 Å². The van der Waals surface area contributed by atoms with Gasteiger partial charge in [0.2, 0.25) is 0 Å². The summed E-state index contributed by atoms with van der Waals surface area (Å²) in [7, 11) is 0. The van der Waals surface area contributed by atoms with Gasteiger partial charge in [-0.25, -0.2) is 0 Å². The summed E-state index contributed by atoms with van der Waals surface area (Å²) in [5.41, 5.74) is 7.81. The van der Waals surface area contributed by atoms with Crippen molar-refractivity contribution in [3.63, 3.8) is 0 Å². The van der Waals surface area contributed by atoms with Crippen molar-refractivity contribution < 1.29 is 0 Å². The van der Waals surface area contributed by atoms with Gasteiger partial charge in [0.25, 0.3) is 0 Å². The van der Waals surface area contributed by atoms with E-state index in [1.165, 1.54) is 53.5 Å². The van der Waals surface area contributed by atoms with E-state index in [0.29, 0.717) is 0 Å². The molecule has 0 spiro atoms. The summed E-state index contributed by atoms with van der Waals surface area (Å²) in [6, 6.07) is 15.5. The van der Waals surface area contributed by atoms with Crippen molar-refractivity contribution in [3.05, 3.63) is 65.7 Å². The number of allylic oxidation sites excluding steroid dienone is 1. The Balaban J connectivity index is 2.31. The second-order valence-electron chi connectivity index (χ2n) is 5.93. The maximum atomic E-state index is 4.11. The van der Waals surface area contributed by atoms with E-state index in [1.54, 1.807) is 0 Å². The van der Waals surface area contributed by atoms with Crippen LogP contribution >= 0.6 is 0 Å². The summed E-state index contributed by atoms with van der Waals surface area (Å²) in [5.74, 6) is 0. The van der Waals surface area contributed by atoms with Crippen LogP contribution < -0.4 is 0 Å². The van der Waals surface area contributed by atoms with Gasteiger partial charge in [-0.3, -0.25) is 0 Å². The zero-order valence-corrected chi connectivity index (χ0v) is 13.6. The number of hydrogen-bond acceptors (Lipinski definition) is 0. The van der Waals surface area contributed by atoms with E-state index in [2.05, 4.69) is 69.8 Å². The molecule has 0 heterocycles. The highest BCUT2D eigenvalue weighted by Gasteiger charge is 2.08. The number of unbranched alkanes of at least 4 members (excludes halogenated alkanes) is 2. The van der Waals surface area contributed by atoms with Crippen molar-refractivity contribution in [1.82, 2.24) is 0 Å². The fraction of sp³-hybridized carbons (Fsp3) is 0.333. The third-order valence-electron chi connectivity index (χ3n) is 4.04. The van der Waals surface area contributed by atoms with Crippen molar-refractivity contribution in [3.8, 4) is 11.1 Å². The van der Waals surface area contributed by atoms with Crippen LogP contribution in [0.25, 0.3) is 16.7 Å². The molecule has 0 saturated carbocycles. The lowest BCUT2D eigenvalue weighted by Gasteiger charge is -2.13. The van der Waals surface area contributed by atoms with E-state index in [0.717, 1.165) is 5.57 Å². The van der Waals surface area contributed by atoms with Crippen LogP contribution in [0.3, 0.4) is 0 Å². The minimum absolute atomic E-state index is 1.12. The lowest BCUT2D eigenvalue weighted by atomic mass is 9.91. The Bertz CT molecular complexity index is 620. The molecule has 2 aromatic rings. The fourth-order valence-corrected chi connectivity index (χ4v) is 2.85. The Morgan fingerprint density at radius 3 is 2.43 bits per heavy atom. The highest BCUT2D eigenvalue weighted by atomic mass is 14.1. The number of benzene rings is 2. The molecule has 0 nitrogen and oxygen atoms in total. The molecule has 0 fully saturated rings. The SMILES string of the molecule is C=C(C)c1ccccc1-c1ccc(CCCCC)cc1C. The molecular formula is C21H26. The smallest absolute Gasteiger partial charge is 0.0106 e. The van der Waals surface area contributed by atoms with Crippen LogP contribution in [0.1, 0.15) is 49.8 Å². The molecule has 110 valence electrons. The molecule has 0 amide bonds. The predicted octanol–water partition coefficient (Wildman–Crippen LogP) is 6.43. The van der Waals surface area contributed by atoms with Crippen molar-refractivity contribution in [2.45, 2.75) is 46.5 Å². The van der Waals surface area contributed by atoms with Gasteiger partial charge >= 0.3 is 0 Å². The second kappa shape index (κ2) is 7.26. The predicted molar refractivity (Wildman–Crippen MR) is 94.6 cm³/mol. The number of aryl methyl sites for hydroxylation is 2.